The molecule has 0 radical (unpaired) electrons. The number of benzene rings is 2. The first kappa shape index (κ1) is 12.5. The van der Waals surface area contributed by atoms with Crippen LogP contribution in [0.1, 0.15) is 11.1 Å². The number of hydrogen-bond acceptors (Lipinski definition) is 1. The Morgan fingerprint density at radius 3 is 2.41 bits per heavy atom. The number of hydrogen-bond donors (Lipinski definition) is 1. The first-order chi connectivity index (χ1) is 8.16. The second-order valence-corrected chi connectivity index (χ2v) is 5.23. The monoisotopic (exact) mass is 309 g/mol. The summed E-state index contributed by atoms with van der Waals surface area (Å²) in [7, 11) is 0. The Kier molecular flexibility index (Phi) is 4.08. The summed E-state index contributed by atoms with van der Waals surface area (Å²) in [6, 6.07) is 13.9. The van der Waals surface area contributed by atoms with Crippen molar-refractivity contribution in [3.05, 3.63) is 63.1 Å². The molecule has 17 heavy (non-hydrogen) atoms. The molecule has 2 rings (SSSR count). The highest BCUT2D eigenvalue weighted by Gasteiger charge is 2.03. The lowest BCUT2D eigenvalue weighted by molar-refractivity contribution is 0.957. The summed E-state index contributed by atoms with van der Waals surface area (Å²) in [4.78, 5) is 0. The Morgan fingerprint density at radius 1 is 1.00 bits per heavy atom. The molecule has 0 aliphatic heterocycles. The summed E-state index contributed by atoms with van der Waals surface area (Å²) in [5.41, 5.74) is 9.13. The molecule has 0 aliphatic rings. The van der Waals surface area contributed by atoms with E-state index in [4.69, 9.17) is 17.3 Å². The Bertz CT molecular complexity index is 525. The minimum Gasteiger partial charge on any atom is -0.398 e. The number of aryl methyl sites for hydroxylation is 2. The van der Waals surface area contributed by atoms with Crippen LogP contribution in [0, 0.1) is 0 Å². The minimum absolute atomic E-state index is 0.687. The number of nitrogens with two attached hydrogens (primary N) is 1. The molecule has 0 saturated heterocycles. The van der Waals surface area contributed by atoms with Crippen LogP contribution in [0.25, 0.3) is 0 Å². The van der Waals surface area contributed by atoms with Gasteiger partial charge in [0.05, 0.1) is 0 Å². The normalized spacial score (nSPS) is 10.5. The van der Waals surface area contributed by atoms with Crippen molar-refractivity contribution in [2.75, 3.05) is 5.73 Å². The maximum atomic E-state index is 5.93. The van der Waals surface area contributed by atoms with Crippen LogP contribution in [-0.2, 0) is 12.8 Å². The van der Waals surface area contributed by atoms with Crippen molar-refractivity contribution < 1.29 is 0 Å². The van der Waals surface area contributed by atoms with Gasteiger partial charge in [-0.3, -0.25) is 0 Å². The maximum Gasteiger partial charge on any atom is 0.0426 e. The van der Waals surface area contributed by atoms with E-state index in [1.165, 1.54) is 5.56 Å². The largest absolute Gasteiger partial charge is 0.398 e. The van der Waals surface area contributed by atoms with E-state index in [0.29, 0.717) is 5.02 Å². The molecular formula is C14H13BrClN. The van der Waals surface area contributed by atoms with Gasteiger partial charge < -0.3 is 5.73 Å². The molecule has 0 fully saturated rings. The van der Waals surface area contributed by atoms with Gasteiger partial charge in [-0.25, -0.2) is 0 Å². The topological polar surface area (TPSA) is 26.0 Å². The van der Waals surface area contributed by atoms with Crippen molar-refractivity contribution in [1.29, 1.82) is 0 Å². The summed E-state index contributed by atoms with van der Waals surface area (Å²) >= 11 is 9.42. The van der Waals surface area contributed by atoms with Crippen molar-refractivity contribution in [1.82, 2.24) is 0 Å². The van der Waals surface area contributed by atoms with Gasteiger partial charge >= 0.3 is 0 Å². The molecule has 0 unspecified atom stereocenters. The molecule has 0 heterocycles. The molecule has 2 aromatic carbocycles. The summed E-state index contributed by atoms with van der Waals surface area (Å²) in [6.45, 7) is 0. The van der Waals surface area contributed by atoms with Crippen LogP contribution in [0.3, 0.4) is 0 Å². The summed E-state index contributed by atoms with van der Waals surface area (Å²) < 4.78 is 1.15. The van der Waals surface area contributed by atoms with Gasteiger partial charge in [-0.15, -0.1) is 0 Å². The third-order valence-corrected chi connectivity index (χ3v) is 3.74. The van der Waals surface area contributed by atoms with Gasteiger partial charge in [0.25, 0.3) is 0 Å². The quantitative estimate of drug-likeness (QED) is 0.832. The van der Waals surface area contributed by atoms with Crippen LogP contribution in [-0.4, -0.2) is 0 Å². The fourth-order valence-corrected chi connectivity index (χ4v) is 2.43. The molecule has 3 heteroatoms. The first-order valence-corrected chi connectivity index (χ1v) is 6.61. The number of halogens is 2. The molecule has 88 valence electrons. The van der Waals surface area contributed by atoms with Crippen LogP contribution in [0.5, 0.6) is 0 Å². The second-order valence-electron chi connectivity index (χ2n) is 3.93. The molecule has 0 aromatic heterocycles. The highest BCUT2D eigenvalue weighted by Crippen LogP contribution is 2.22. The SMILES string of the molecule is Nc1cc(Cl)ccc1CCc1ccccc1Br. The Labute approximate surface area is 115 Å². The van der Waals surface area contributed by atoms with Gasteiger partial charge in [0.2, 0.25) is 0 Å². The van der Waals surface area contributed by atoms with Crippen LogP contribution in [0.2, 0.25) is 5.02 Å². The van der Waals surface area contributed by atoms with Crippen LogP contribution in [0.15, 0.2) is 46.9 Å². The molecule has 2 aromatic rings. The average molecular weight is 311 g/mol. The Hall–Kier alpha value is -0.990. The molecule has 2 N–H and O–H groups in total. The van der Waals surface area contributed by atoms with Crippen LogP contribution < -0.4 is 5.73 Å². The van der Waals surface area contributed by atoms with Crippen molar-refractivity contribution in [2.45, 2.75) is 12.8 Å². The predicted molar refractivity (Wildman–Crippen MR) is 77.4 cm³/mol. The van der Waals surface area contributed by atoms with Crippen molar-refractivity contribution >= 4 is 33.2 Å². The zero-order valence-corrected chi connectivity index (χ0v) is 11.6. The van der Waals surface area contributed by atoms with E-state index >= 15 is 0 Å². The van der Waals surface area contributed by atoms with Gasteiger partial charge in [0.15, 0.2) is 0 Å². The summed E-state index contributed by atoms with van der Waals surface area (Å²) in [5.74, 6) is 0. The second kappa shape index (κ2) is 5.56. The van der Waals surface area contributed by atoms with Crippen molar-refractivity contribution in [3.8, 4) is 0 Å². The molecule has 0 amide bonds. The Morgan fingerprint density at radius 2 is 1.71 bits per heavy atom. The van der Waals surface area contributed by atoms with Gasteiger partial charge in [-0.2, -0.15) is 0 Å². The van der Waals surface area contributed by atoms with E-state index in [1.807, 2.05) is 24.3 Å². The number of rotatable bonds is 3. The summed E-state index contributed by atoms with van der Waals surface area (Å²) in [5, 5.41) is 0.687. The van der Waals surface area contributed by atoms with E-state index in [9.17, 15) is 0 Å². The molecule has 0 atom stereocenters. The molecular weight excluding hydrogens is 298 g/mol. The fourth-order valence-electron chi connectivity index (χ4n) is 1.76. The standard InChI is InChI=1S/C14H13BrClN/c15-13-4-2-1-3-10(13)5-6-11-7-8-12(16)9-14(11)17/h1-4,7-9H,5-6,17H2. The maximum absolute atomic E-state index is 5.93. The Balaban J connectivity index is 2.10. The van der Waals surface area contributed by atoms with Crippen LogP contribution >= 0.6 is 27.5 Å². The van der Waals surface area contributed by atoms with E-state index in [2.05, 4.69) is 28.1 Å². The predicted octanol–water partition coefficient (Wildman–Crippen LogP) is 4.47. The average Bonchev–Trinajstić information content (AvgIpc) is 2.30. The highest BCUT2D eigenvalue weighted by molar-refractivity contribution is 9.10. The van der Waals surface area contributed by atoms with E-state index < -0.39 is 0 Å². The van der Waals surface area contributed by atoms with E-state index in [-0.39, 0.29) is 0 Å². The van der Waals surface area contributed by atoms with Gasteiger partial charge in [0.1, 0.15) is 0 Å². The third kappa shape index (κ3) is 3.24. The van der Waals surface area contributed by atoms with Gasteiger partial charge in [-0.1, -0.05) is 51.8 Å². The van der Waals surface area contributed by atoms with Gasteiger partial charge in [-0.05, 0) is 42.2 Å². The molecule has 0 aliphatic carbocycles. The highest BCUT2D eigenvalue weighted by atomic mass is 79.9. The zero-order valence-electron chi connectivity index (χ0n) is 9.29. The molecule has 1 nitrogen and oxygen atoms in total. The van der Waals surface area contributed by atoms with Crippen LogP contribution in [0.4, 0.5) is 5.69 Å². The van der Waals surface area contributed by atoms with Gasteiger partial charge in [0, 0.05) is 15.2 Å². The lowest BCUT2D eigenvalue weighted by Crippen LogP contribution is -1.97. The lowest BCUT2D eigenvalue weighted by atomic mass is 10.0. The van der Waals surface area contributed by atoms with E-state index in [1.54, 1.807) is 6.07 Å². The number of nitrogen functional groups attached to an aromatic ring is 1. The molecule has 0 saturated carbocycles. The molecule has 0 spiro atoms. The number of anilines is 1. The third-order valence-electron chi connectivity index (χ3n) is 2.73. The van der Waals surface area contributed by atoms with Crippen molar-refractivity contribution in [2.24, 2.45) is 0 Å². The smallest absolute Gasteiger partial charge is 0.0426 e. The lowest BCUT2D eigenvalue weighted by Gasteiger charge is -2.07. The fraction of sp³-hybridized carbons (Fsp3) is 0.143. The van der Waals surface area contributed by atoms with E-state index in [0.717, 1.165) is 28.6 Å². The minimum atomic E-state index is 0.687. The molecule has 0 bridgehead atoms. The zero-order chi connectivity index (χ0) is 12.3. The van der Waals surface area contributed by atoms with Crippen molar-refractivity contribution in [3.63, 3.8) is 0 Å². The summed E-state index contributed by atoms with van der Waals surface area (Å²) in [6.07, 6.45) is 1.89. The first-order valence-electron chi connectivity index (χ1n) is 5.44.